The highest BCUT2D eigenvalue weighted by molar-refractivity contribution is 6.24. The minimum atomic E-state index is 0.629. The van der Waals surface area contributed by atoms with Crippen LogP contribution >= 0.6 is 0 Å². The van der Waals surface area contributed by atoms with Crippen LogP contribution in [0.1, 0.15) is 5.56 Å². The minimum Gasteiger partial charge on any atom is -0.456 e. The molecule has 4 nitrogen and oxygen atoms in total. The monoisotopic (exact) mass is 675 g/mol. The first kappa shape index (κ1) is 29.4. The van der Waals surface area contributed by atoms with Gasteiger partial charge in [0.2, 0.25) is 0 Å². The Kier molecular flexibility index (Phi) is 6.28. The van der Waals surface area contributed by atoms with Crippen molar-refractivity contribution in [2.75, 3.05) is 0 Å². The molecule has 0 amide bonds. The van der Waals surface area contributed by atoms with Crippen LogP contribution in [0, 0.1) is 11.3 Å². The molecular formula is C49H29N3O. The third-order valence-electron chi connectivity index (χ3n) is 10.7. The molecule has 0 aliphatic heterocycles. The predicted octanol–water partition coefficient (Wildman–Crippen LogP) is 13.0. The quantitative estimate of drug-likeness (QED) is 0.186. The molecule has 0 fully saturated rings. The smallest absolute Gasteiger partial charge is 0.136 e. The number of hydrogen-bond donors (Lipinski definition) is 0. The molecule has 4 heteroatoms. The van der Waals surface area contributed by atoms with Crippen LogP contribution in [0.25, 0.3) is 99.2 Å². The van der Waals surface area contributed by atoms with Gasteiger partial charge in [-0.25, -0.2) is 0 Å². The summed E-state index contributed by atoms with van der Waals surface area (Å²) in [6.07, 6.45) is 0. The summed E-state index contributed by atoms with van der Waals surface area (Å²) in [4.78, 5) is 0. The molecule has 11 aromatic rings. The molecule has 0 saturated carbocycles. The van der Waals surface area contributed by atoms with Crippen LogP contribution in [0.3, 0.4) is 0 Å². The lowest BCUT2D eigenvalue weighted by Gasteiger charge is -2.16. The Morgan fingerprint density at radius 3 is 1.64 bits per heavy atom. The molecule has 0 saturated heterocycles. The number of nitrogens with zero attached hydrogens (tertiary/aromatic N) is 3. The number of benzene rings is 8. The summed E-state index contributed by atoms with van der Waals surface area (Å²) >= 11 is 0. The summed E-state index contributed by atoms with van der Waals surface area (Å²) in [5.74, 6) is 0. The van der Waals surface area contributed by atoms with Gasteiger partial charge in [-0.3, -0.25) is 0 Å². The van der Waals surface area contributed by atoms with Gasteiger partial charge in [-0.1, -0.05) is 103 Å². The maximum absolute atomic E-state index is 9.86. The van der Waals surface area contributed by atoms with E-state index in [1.54, 1.807) is 0 Å². The zero-order valence-electron chi connectivity index (χ0n) is 28.5. The zero-order valence-corrected chi connectivity index (χ0v) is 28.5. The second-order valence-corrected chi connectivity index (χ2v) is 13.7. The number of nitriles is 1. The number of para-hydroxylation sites is 4. The van der Waals surface area contributed by atoms with Crippen LogP contribution in [0.4, 0.5) is 0 Å². The molecule has 0 radical (unpaired) electrons. The van der Waals surface area contributed by atoms with E-state index in [0.29, 0.717) is 5.56 Å². The van der Waals surface area contributed by atoms with Gasteiger partial charge in [-0.2, -0.15) is 5.26 Å². The topological polar surface area (TPSA) is 46.8 Å². The van der Waals surface area contributed by atoms with Crippen LogP contribution in [0.15, 0.2) is 180 Å². The maximum Gasteiger partial charge on any atom is 0.136 e. The van der Waals surface area contributed by atoms with Crippen molar-refractivity contribution in [3.05, 3.63) is 181 Å². The van der Waals surface area contributed by atoms with Crippen molar-refractivity contribution in [3.8, 4) is 39.7 Å². The Labute approximate surface area is 304 Å². The summed E-state index contributed by atoms with van der Waals surface area (Å²) < 4.78 is 11.2. The first-order chi connectivity index (χ1) is 26.2. The molecule has 0 bridgehead atoms. The molecular weight excluding hydrogens is 647 g/mol. The molecule has 53 heavy (non-hydrogen) atoms. The summed E-state index contributed by atoms with van der Waals surface area (Å²) in [7, 11) is 0. The lowest BCUT2D eigenvalue weighted by molar-refractivity contribution is 0.669. The van der Waals surface area contributed by atoms with E-state index >= 15 is 0 Å². The second kappa shape index (κ2) is 11.3. The number of hydrogen-bond acceptors (Lipinski definition) is 2. The third kappa shape index (κ3) is 4.41. The van der Waals surface area contributed by atoms with Crippen molar-refractivity contribution >= 4 is 65.6 Å². The first-order valence-corrected chi connectivity index (χ1v) is 17.8. The normalized spacial score (nSPS) is 11.8. The van der Waals surface area contributed by atoms with Crippen molar-refractivity contribution in [1.82, 2.24) is 9.13 Å². The predicted molar refractivity (Wildman–Crippen MR) is 218 cm³/mol. The van der Waals surface area contributed by atoms with Gasteiger partial charge < -0.3 is 13.6 Å². The van der Waals surface area contributed by atoms with Crippen molar-refractivity contribution in [2.24, 2.45) is 0 Å². The van der Waals surface area contributed by atoms with Crippen molar-refractivity contribution < 1.29 is 4.42 Å². The van der Waals surface area contributed by atoms with Gasteiger partial charge in [0.15, 0.2) is 0 Å². The molecule has 0 aliphatic carbocycles. The van der Waals surface area contributed by atoms with Crippen LogP contribution < -0.4 is 0 Å². The number of fused-ring (bicyclic) bond motifs is 10. The minimum absolute atomic E-state index is 0.629. The van der Waals surface area contributed by atoms with E-state index in [-0.39, 0.29) is 0 Å². The fourth-order valence-corrected chi connectivity index (χ4v) is 8.36. The Morgan fingerprint density at radius 2 is 0.943 bits per heavy atom. The van der Waals surface area contributed by atoms with Gasteiger partial charge in [0.05, 0.1) is 33.7 Å². The molecule has 3 heterocycles. The largest absolute Gasteiger partial charge is 0.456 e. The van der Waals surface area contributed by atoms with Gasteiger partial charge in [0, 0.05) is 43.7 Å². The molecule has 8 aromatic carbocycles. The van der Waals surface area contributed by atoms with Crippen LogP contribution in [0.2, 0.25) is 0 Å². The molecule has 0 N–H and O–H groups in total. The highest BCUT2D eigenvalue weighted by Gasteiger charge is 2.22. The van der Waals surface area contributed by atoms with Gasteiger partial charge in [-0.15, -0.1) is 0 Å². The first-order valence-electron chi connectivity index (χ1n) is 17.8. The number of aromatic nitrogens is 2. The number of rotatable bonds is 4. The summed E-state index contributed by atoms with van der Waals surface area (Å²) in [6.45, 7) is 0. The van der Waals surface area contributed by atoms with E-state index in [1.165, 1.54) is 27.1 Å². The summed E-state index contributed by atoms with van der Waals surface area (Å²) in [5.41, 5.74) is 13.2. The fraction of sp³-hybridized carbons (Fsp3) is 0. The number of furan rings is 1. The second-order valence-electron chi connectivity index (χ2n) is 13.7. The van der Waals surface area contributed by atoms with E-state index in [2.05, 4.69) is 161 Å². The lowest BCUT2D eigenvalue weighted by atomic mass is 9.96. The standard InChI is InChI=1S/C49H29N3O/c50-30-31-11-10-12-32(25-31)34-26-35(33-21-22-41-40-17-6-9-20-46(40)53-47(41)29-33)28-37(27-34)52-45-19-8-5-16-39(45)43-24-23-42-38-15-4-7-18-44(38)51(48(42)49(43)52)36-13-2-1-3-14-36/h1-29H. The van der Waals surface area contributed by atoms with Crippen LogP contribution in [-0.2, 0) is 0 Å². The fourth-order valence-electron chi connectivity index (χ4n) is 8.36. The molecule has 0 atom stereocenters. The Hall–Kier alpha value is -7.35. The van der Waals surface area contributed by atoms with Crippen LogP contribution in [0.5, 0.6) is 0 Å². The molecule has 246 valence electrons. The van der Waals surface area contributed by atoms with Crippen LogP contribution in [-0.4, -0.2) is 9.13 Å². The Bertz CT molecular complexity index is 3300. The maximum atomic E-state index is 9.86. The average Bonchev–Trinajstić information content (AvgIpc) is 3.88. The molecule has 0 unspecified atom stereocenters. The van der Waals surface area contributed by atoms with E-state index in [0.717, 1.165) is 72.1 Å². The molecule has 0 aliphatic rings. The van der Waals surface area contributed by atoms with E-state index < -0.39 is 0 Å². The van der Waals surface area contributed by atoms with E-state index in [4.69, 9.17) is 4.42 Å². The van der Waals surface area contributed by atoms with Gasteiger partial charge >= 0.3 is 0 Å². The summed E-state index contributed by atoms with van der Waals surface area (Å²) in [5, 5.41) is 16.9. The van der Waals surface area contributed by atoms with Crippen molar-refractivity contribution in [3.63, 3.8) is 0 Å². The summed E-state index contributed by atoms with van der Waals surface area (Å²) in [6, 6.07) is 64.3. The zero-order chi connectivity index (χ0) is 35.0. The Balaban J connectivity index is 1.27. The lowest BCUT2D eigenvalue weighted by Crippen LogP contribution is -1.99. The Morgan fingerprint density at radius 1 is 0.377 bits per heavy atom. The van der Waals surface area contributed by atoms with Gasteiger partial charge in [0.1, 0.15) is 11.2 Å². The molecule has 0 spiro atoms. The van der Waals surface area contributed by atoms with Crippen molar-refractivity contribution in [2.45, 2.75) is 0 Å². The van der Waals surface area contributed by atoms with E-state index in [9.17, 15) is 5.26 Å². The third-order valence-corrected chi connectivity index (χ3v) is 10.7. The van der Waals surface area contributed by atoms with E-state index in [1.807, 2.05) is 30.3 Å². The highest BCUT2D eigenvalue weighted by Crippen LogP contribution is 2.43. The van der Waals surface area contributed by atoms with Crippen molar-refractivity contribution in [1.29, 1.82) is 5.26 Å². The van der Waals surface area contributed by atoms with Gasteiger partial charge in [0.25, 0.3) is 0 Å². The molecule has 3 aromatic heterocycles. The van der Waals surface area contributed by atoms with Gasteiger partial charge in [-0.05, 0) is 95.1 Å². The SMILES string of the molecule is N#Cc1cccc(-c2cc(-c3ccc4c(c3)oc3ccccc34)cc(-n3c4ccccc4c4ccc5c6ccccc6n(-c6ccccc6)c5c43)c2)c1. The molecule has 11 rings (SSSR count). The highest BCUT2D eigenvalue weighted by atomic mass is 16.3. The average molecular weight is 676 g/mol.